The number of fused-ring (bicyclic) bond motifs is 13. The van der Waals surface area contributed by atoms with E-state index >= 15 is 0 Å². The number of amides is 1. The van der Waals surface area contributed by atoms with Gasteiger partial charge in [0.25, 0.3) is 11.7 Å². The topological polar surface area (TPSA) is 239 Å². The predicted molar refractivity (Wildman–Crippen MR) is 259 cm³/mol. The molecule has 0 aliphatic carbocycles. The van der Waals surface area contributed by atoms with Gasteiger partial charge in [-0.05, 0) is 39.3 Å². The molecule has 8 rings (SSSR count). The third-order valence-corrected chi connectivity index (χ3v) is 14.8. The van der Waals surface area contributed by atoms with E-state index in [9.17, 15) is 39.6 Å². The van der Waals surface area contributed by atoms with E-state index in [1.807, 2.05) is 11.9 Å². The van der Waals surface area contributed by atoms with Crippen LogP contribution in [-0.4, -0.2) is 143 Å². The van der Waals surface area contributed by atoms with Crippen LogP contribution in [0.5, 0.6) is 17.2 Å². The summed E-state index contributed by atoms with van der Waals surface area (Å²) in [6.07, 6.45) is 3.93. The van der Waals surface area contributed by atoms with Crippen LogP contribution in [0.3, 0.4) is 0 Å². The molecule has 70 heavy (non-hydrogen) atoms. The van der Waals surface area contributed by atoms with Crippen molar-refractivity contribution in [3.63, 3.8) is 0 Å². The standard InChI is InChI=1S/C52H71N5O13/c1-26(2)24-57-20-17-52(18-21-57)54-40-37-38-45(62)32(8)48-39(37)49(64)51(9,70-48)67-22-16-34(66-11)29(5)47(69-36(59)23-35(58)68-33-15-19-56(10)25-33)31(7)44(61)30(6)43(60)27(3)13-12-14-28(4)50(65)53-42(46(38)63)41(40)55-52/h12-14,16,22,26-27,29-31,33-34,43-44,47,54,60-63H,15,17-21,23-25H2,1-11H3/b13-12+,22-16+,28-14-,53-42?/t27-,29+,30+,31+,33?,34-,43-,44+,47+,51-/m0/s1. The minimum absolute atomic E-state index is 0.0219. The summed E-state index contributed by atoms with van der Waals surface area (Å²) in [6, 6.07) is 0. The third kappa shape index (κ3) is 10.3. The van der Waals surface area contributed by atoms with Crippen LogP contribution >= 0.6 is 0 Å². The van der Waals surface area contributed by atoms with Gasteiger partial charge in [-0.2, -0.15) is 0 Å². The molecule has 0 radical (unpaired) electrons. The molecule has 6 aliphatic heterocycles. The van der Waals surface area contributed by atoms with Crippen LogP contribution in [0.1, 0.15) is 97.0 Å². The molecule has 5 bridgehead atoms. The Bertz CT molecular complexity index is 2600. The van der Waals surface area contributed by atoms with Gasteiger partial charge in [0.05, 0.1) is 41.2 Å². The first-order valence-corrected chi connectivity index (χ1v) is 24.5. The van der Waals surface area contributed by atoms with Gasteiger partial charge in [-0.3, -0.25) is 24.2 Å². The van der Waals surface area contributed by atoms with Crippen molar-refractivity contribution >= 4 is 40.1 Å². The molecule has 18 heteroatoms. The van der Waals surface area contributed by atoms with Gasteiger partial charge in [-0.1, -0.05) is 59.8 Å². The smallest absolute Gasteiger partial charge is 0.317 e. The van der Waals surface area contributed by atoms with Gasteiger partial charge in [0.1, 0.15) is 46.5 Å². The van der Waals surface area contributed by atoms with E-state index in [2.05, 4.69) is 29.1 Å². The van der Waals surface area contributed by atoms with Crippen molar-refractivity contribution < 1.29 is 63.3 Å². The number of anilines is 1. The number of carbonyl (C=O) groups excluding carboxylic acids is 4. The van der Waals surface area contributed by atoms with Crippen LogP contribution in [0.2, 0.25) is 0 Å². The number of hydrogen-bond acceptors (Lipinski definition) is 17. The number of hydrogen-bond donors (Lipinski definition) is 5. The van der Waals surface area contributed by atoms with Crippen LogP contribution in [0.15, 0.2) is 46.1 Å². The fourth-order valence-electron chi connectivity index (χ4n) is 10.6. The number of Topliss-reactive ketones (excluding diaryl/α,β-unsaturated/α-hetero) is 1. The number of esters is 2. The average Bonchev–Trinajstić information content (AvgIpc) is 3.98. The summed E-state index contributed by atoms with van der Waals surface area (Å²) < 4.78 is 30.0. The number of piperidine rings is 1. The monoisotopic (exact) mass is 974 g/mol. The Balaban J connectivity index is 1.31. The lowest BCUT2D eigenvalue weighted by Crippen LogP contribution is -2.47. The highest BCUT2D eigenvalue weighted by molar-refractivity contribution is 6.21. The predicted octanol–water partition coefficient (Wildman–Crippen LogP) is 4.37. The van der Waals surface area contributed by atoms with Crippen molar-refractivity contribution in [2.24, 2.45) is 39.6 Å². The minimum Gasteiger partial charge on any atom is -0.507 e. The maximum Gasteiger partial charge on any atom is 0.317 e. The summed E-state index contributed by atoms with van der Waals surface area (Å²) in [7, 11) is 3.34. The Morgan fingerprint density at radius 2 is 1.61 bits per heavy atom. The number of carbonyl (C=O) groups is 4. The number of benzene rings is 2. The Hall–Kier alpha value is -5.40. The number of aliphatic hydroxyl groups is 2. The number of nitrogens with zero attached hydrogens (tertiary/aromatic N) is 4. The van der Waals surface area contributed by atoms with Gasteiger partial charge in [-0.25, -0.2) is 4.99 Å². The van der Waals surface area contributed by atoms with Gasteiger partial charge in [-0.15, -0.1) is 0 Å². The molecule has 6 heterocycles. The summed E-state index contributed by atoms with van der Waals surface area (Å²) in [5, 5.41) is 51.1. The highest BCUT2D eigenvalue weighted by Crippen LogP contribution is 2.51. The number of methoxy groups -OCH3 is 1. The first kappa shape index (κ1) is 52.4. The fourth-order valence-corrected chi connectivity index (χ4v) is 10.6. The van der Waals surface area contributed by atoms with Gasteiger partial charge in [0.15, 0.2) is 5.75 Å². The van der Waals surface area contributed by atoms with E-state index in [1.165, 1.54) is 39.4 Å². The molecule has 10 atom stereocenters. The molecule has 1 spiro atoms. The molecular formula is C52H71N5O13. The summed E-state index contributed by atoms with van der Waals surface area (Å²) in [4.78, 5) is 69.3. The Morgan fingerprint density at radius 3 is 2.26 bits per heavy atom. The minimum atomic E-state index is -2.02. The first-order valence-electron chi connectivity index (χ1n) is 24.5. The quantitative estimate of drug-likeness (QED) is 0.147. The highest BCUT2D eigenvalue weighted by Gasteiger charge is 2.51. The number of ether oxygens (including phenoxy) is 5. The number of nitrogens with one attached hydrogen (secondary N) is 1. The van der Waals surface area contributed by atoms with Gasteiger partial charge in [0.2, 0.25) is 0 Å². The second kappa shape index (κ2) is 20.7. The molecule has 2 aromatic carbocycles. The molecule has 1 unspecified atom stereocenters. The number of allylic oxidation sites excluding steroid dienone is 2. The molecule has 6 aliphatic rings. The molecule has 382 valence electrons. The van der Waals surface area contributed by atoms with Crippen molar-refractivity contribution in [2.75, 3.05) is 52.2 Å². The van der Waals surface area contributed by atoms with Gasteiger partial charge >= 0.3 is 17.7 Å². The lowest BCUT2D eigenvalue weighted by atomic mass is 9.78. The number of rotatable bonds is 7. The normalized spacial score (nSPS) is 32.4. The molecular weight excluding hydrogens is 903 g/mol. The molecule has 2 aromatic rings. The summed E-state index contributed by atoms with van der Waals surface area (Å²) in [6.45, 7) is 19.3. The number of phenols is 2. The van der Waals surface area contributed by atoms with Crippen molar-refractivity contribution in [1.82, 2.24) is 9.80 Å². The molecule has 2 fully saturated rings. The molecule has 1 amide bonds. The zero-order valence-corrected chi connectivity index (χ0v) is 42.3. The van der Waals surface area contributed by atoms with E-state index in [1.54, 1.807) is 46.8 Å². The zero-order chi connectivity index (χ0) is 51.1. The molecule has 5 N–H and O–H groups in total. The van der Waals surface area contributed by atoms with Crippen molar-refractivity contribution in [3.8, 4) is 17.2 Å². The number of aliphatic hydroxyl groups excluding tert-OH is 2. The van der Waals surface area contributed by atoms with Crippen LogP contribution in [0.25, 0.3) is 10.8 Å². The van der Waals surface area contributed by atoms with E-state index in [0.717, 1.165) is 13.1 Å². The van der Waals surface area contributed by atoms with Crippen molar-refractivity contribution in [2.45, 2.75) is 130 Å². The SMILES string of the molecule is CO[C@H]1/C=C/O[C@@]2(C)Oc3c(C)c(O)c4c(O)c(c5c(c4c3C2=O)NC2(CCN(CC(C)C)CC2)N=5)=NC(=O)/C(C)=C\C=C\[C@H](C)[C@H](O)[C@@H](C)[C@@H](O)[C@@H](C)[C@H](OC(=O)CC(=O)OC2CCN(C)C2)[C@@H]1C. The van der Waals surface area contributed by atoms with Gasteiger partial charge < -0.3 is 59.2 Å². The van der Waals surface area contributed by atoms with Crippen molar-refractivity contribution in [1.29, 1.82) is 0 Å². The number of aromatic hydroxyl groups is 2. The summed E-state index contributed by atoms with van der Waals surface area (Å²) in [5.41, 5.74) is -0.253. The van der Waals surface area contributed by atoms with Crippen LogP contribution in [-0.2, 0) is 33.3 Å². The molecule has 18 nitrogen and oxygen atoms in total. The van der Waals surface area contributed by atoms with E-state index in [0.29, 0.717) is 50.5 Å². The Morgan fingerprint density at radius 1 is 0.929 bits per heavy atom. The average molecular weight is 974 g/mol. The Kier molecular flexibility index (Phi) is 15.5. The fraction of sp³-hybridized carbons (Fsp3) is 0.615. The molecule has 0 aromatic heterocycles. The maximum absolute atomic E-state index is 14.9. The number of likely N-dealkylation sites (tertiary alicyclic amines) is 2. The zero-order valence-electron chi connectivity index (χ0n) is 42.3. The lowest BCUT2D eigenvalue weighted by Gasteiger charge is -2.38. The lowest BCUT2D eigenvalue weighted by molar-refractivity contribution is -0.169. The van der Waals surface area contributed by atoms with Crippen molar-refractivity contribution in [3.05, 3.63) is 58.0 Å². The number of likely N-dealkylation sites (N-methyl/N-ethyl adjacent to an activating group) is 1. The van der Waals surface area contributed by atoms with Crippen LogP contribution in [0.4, 0.5) is 5.69 Å². The van der Waals surface area contributed by atoms with E-state index in [4.69, 9.17) is 28.7 Å². The van der Waals surface area contributed by atoms with Gasteiger partial charge in [0, 0.05) is 99.8 Å². The second-order valence-corrected chi connectivity index (χ2v) is 20.7. The van der Waals surface area contributed by atoms with Crippen LogP contribution < -0.4 is 20.8 Å². The number of phenolic OH excluding ortho intramolecular Hbond substituents is 2. The largest absolute Gasteiger partial charge is 0.507 e. The molecule has 2 saturated heterocycles. The second-order valence-electron chi connectivity index (χ2n) is 20.7. The highest BCUT2D eigenvalue weighted by atomic mass is 16.7. The Labute approximate surface area is 409 Å². The number of ketones is 1. The summed E-state index contributed by atoms with van der Waals surface area (Å²) >= 11 is 0. The molecule has 0 saturated carbocycles. The first-order chi connectivity index (χ1) is 33.0. The van der Waals surface area contributed by atoms with E-state index in [-0.39, 0.29) is 50.0 Å². The summed E-state index contributed by atoms with van der Waals surface area (Å²) in [5.74, 6) is -8.35. The maximum atomic E-state index is 14.9. The third-order valence-electron chi connectivity index (χ3n) is 14.8. The van der Waals surface area contributed by atoms with E-state index < -0.39 is 101 Å². The van der Waals surface area contributed by atoms with Crippen LogP contribution in [0, 0.1) is 36.5 Å².